The van der Waals surface area contributed by atoms with E-state index in [1.54, 1.807) is 12.4 Å². The van der Waals surface area contributed by atoms with Gasteiger partial charge >= 0.3 is 0 Å². The van der Waals surface area contributed by atoms with Crippen LogP contribution in [0.3, 0.4) is 0 Å². The number of nitrogens with one attached hydrogen (secondary N) is 1. The van der Waals surface area contributed by atoms with Crippen molar-refractivity contribution < 1.29 is 8.82 Å². The van der Waals surface area contributed by atoms with Gasteiger partial charge in [-0.25, -0.2) is 4.39 Å². The van der Waals surface area contributed by atoms with Crippen LogP contribution < -0.4 is 5.32 Å². The normalized spacial score (nSPS) is 21.1. The molecule has 7 heteroatoms. The molecule has 1 N–H and O–H groups in total. The predicted octanol–water partition coefficient (Wildman–Crippen LogP) is 6.32. The Hall–Kier alpha value is -0.203. The number of rotatable bonds is 10. The van der Waals surface area contributed by atoms with Gasteiger partial charge < -0.3 is 9.74 Å². The van der Waals surface area contributed by atoms with Gasteiger partial charge in [0.15, 0.2) is 8.32 Å². The van der Waals surface area contributed by atoms with Gasteiger partial charge in [-0.15, -0.1) is 0 Å². The van der Waals surface area contributed by atoms with E-state index < -0.39 is 14.0 Å². The van der Waals surface area contributed by atoms with Crippen molar-refractivity contribution >= 4 is 31.5 Å². The third-order valence-corrected chi connectivity index (χ3v) is 11.9. The first-order valence-corrected chi connectivity index (χ1v) is 13.4. The number of alkyl halides is 1. The van der Waals surface area contributed by atoms with Crippen molar-refractivity contribution in [3.05, 3.63) is 28.0 Å². The highest BCUT2D eigenvalue weighted by molar-refractivity contribution is 6.73. The molecule has 1 spiro atoms. The van der Waals surface area contributed by atoms with E-state index in [0.29, 0.717) is 41.4 Å². The van der Waals surface area contributed by atoms with Crippen LogP contribution in [0.5, 0.6) is 0 Å². The van der Waals surface area contributed by atoms with Crippen molar-refractivity contribution in [3.8, 4) is 0 Å². The molecule has 1 heterocycles. The first kappa shape index (κ1) is 21.5. The van der Waals surface area contributed by atoms with Gasteiger partial charge in [0.05, 0.1) is 16.1 Å². The van der Waals surface area contributed by atoms with Crippen molar-refractivity contribution in [1.82, 2.24) is 10.3 Å². The second kappa shape index (κ2) is 8.27. The number of hydrogen-bond acceptors (Lipinski definition) is 3. The summed E-state index contributed by atoms with van der Waals surface area (Å²) >= 11 is 12.8. The topological polar surface area (TPSA) is 34.1 Å². The van der Waals surface area contributed by atoms with Gasteiger partial charge in [-0.2, -0.15) is 0 Å². The van der Waals surface area contributed by atoms with Crippen LogP contribution in [0.4, 0.5) is 4.39 Å². The van der Waals surface area contributed by atoms with E-state index in [4.69, 9.17) is 27.6 Å². The fraction of sp³-hybridized carbons (Fsp3) is 0.750. The van der Waals surface area contributed by atoms with Crippen LogP contribution >= 0.6 is 23.2 Å². The van der Waals surface area contributed by atoms with E-state index >= 15 is 0 Å². The molecule has 1 unspecified atom stereocenters. The maximum Gasteiger partial charge on any atom is 0.192 e. The van der Waals surface area contributed by atoms with Crippen LogP contribution in [0.25, 0.3) is 0 Å². The first-order chi connectivity index (χ1) is 12.8. The Morgan fingerprint density at radius 3 is 2.19 bits per heavy atom. The number of pyridine rings is 1. The molecule has 3 nitrogen and oxygen atoms in total. The highest BCUT2D eigenvalue weighted by Gasteiger charge is 2.61. The van der Waals surface area contributed by atoms with Crippen LogP contribution in [-0.2, 0) is 4.43 Å². The summed E-state index contributed by atoms with van der Waals surface area (Å²) < 4.78 is 21.5. The lowest BCUT2D eigenvalue weighted by atomic mass is 9.69. The van der Waals surface area contributed by atoms with Gasteiger partial charge in [0.2, 0.25) is 0 Å². The minimum absolute atomic E-state index is 0.280. The van der Waals surface area contributed by atoms with E-state index in [9.17, 15) is 4.39 Å². The summed E-state index contributed by atoms with van der Waals surface area (Å²) in [5, 5.41) is 4.35. The third-order valence-electron chi connectivity index (χ3n) is 6.65. The van der Waals surface area contributed by atoms with E-state index in [-0.39, 0.29) is 6.10 Å². The molecule has 2 fully saturated rings. The fourth-order valence-corrected chi connectivity index (χ4v) is 8.02. The molecule has 152 valence electrons. The minimum Gasteiger partial charge on any atom is -0.409 e. The molecule has 1 atom stereocenters. The van der Waals surface area contributed by atoms with Crippen molar-refractivity contribution in [2.75, 3.05) is 13.1 Å². The lowest BCUT2D eigenvalue weighted by Crippen LogP contribution is -2.50. The molecule has 0 aromatic carbocycles. The van der Waals surface area contributed by atoms with Crippen molar-refractivity contribution in [2.45, 2.75) is 76.4 Å². The van der Waals surface area contributed by atoms with Gasteiger partial charge in [0, 0.05) is 31.0 Å². The van der Waals surface area contributed by atoms with Crippen LogP contribution in [0, 0.1) is 5.41 Å². The molecule has 0 bridgehead atoms. The summed E-state index contributed by atoms with van der Waals surface area (Å²) in [5.74, 6) is 0. The average Bonchev–Trinajstić information content (AvgIpc) is 3.38. The van der Waals surface area contributed by atoms with Crippen LogP contribution in [0.1, 0.15) is 58.1 Å². The molecule has 0 saturated heterocycles. The highest BCUT2D eigenvalue weighted by atomic mass is 35.5. The second-order valence-corrected chi connectivity index (χ2v) is 14.0. The molecule has 1 aromatic heterocycles. The lowest BCUT2D eigenvalue weighted by Gasteiger charge is -2.43. The molecule has 3 rings (SSSR count). The Morgan fingerprint density at radius 2 is 1.70 bits per heavy atom. The van der Waals surface area contributed by atoms with Crippen LogP contribution in [0.15, 0.2) is 12.4 Å². The zero-order valence-electron chi connectivity index (χ0n) is 16.6. The molecule has 0 amide bonds. The molecule has 2 aliphatic carbocycles. The SMILES string of the molecule is CC[Si](CC)(CC)OC(CNCC1(F)CC2(CC2)C1)c1c(Cl)cncc1Cl. The molecule has 2 aliphatic rings. The molecule has 0 aliphatic heterocycles. The van der Waals surface area contributed by atoms with Crippen molar-refractivity contribution in [1.29, 1.82) is 0 Å². The number of aromatic nitrogens is 1. The molecular formula is C20H31Cl2FN2OSi. The standard InChI is InChI=1S/C20H31Cl2FN2OSi/c1-4-27(5-2,6-3)26-17(18-15(21)9-24-10-16(18)22)11-25-14-20(23)12-19(13-20)7-8-19/h9-10,17,25H,4-8,11-14H2,1-3H3. The Balaban J connectivity index is 1.71. The quantitative estimate of drug-likeness (QED) is 0.438. The van der Waals surface area contributed by atoms with Gasteiger partial charge in [0.25, 0.3) is 0 Å². The summed E-state index contributed by atoms with van der Waals surface area (Å²) in [4.78, 5) is 4.06. The zero-order chi connectivity index (χ0) is 19.7. The van der Waals surface area contributed by atoms with E-state index in [2.05, 4.69) is 31.1 Å². The molecule has 2 saturated carbocycles. The summed E-state index contributed by atoms with van der Waals surface area (Å²) in [7, 11) is -1.88. The maximum absolute atomic E-state index is 14.8. The molecular weight excluding hydrogens is 402 g/mol. The Bertz CT molecular complexity index is 631. The second-order valence-electron chi connectivity index (χ2n) is 8.50. The zero-order valence-corrected chi connectivity index (χ0v) is 19.1. The monoisotopic (exact) mass is 432 g/mol. The van der Waals surface area contributed by atoms with Crippen LogP contribution in [0.2, 0.25) is 28.2 Å². The summed E-state index contributed by atoms with van der Waals surface area (Å²) in [6.07, 6.45) is 6.73. The third kappa shape index (κ3) is 4.69. The van der Waals surface area contributed by atoms with E-state index in [1.165, 1.54) is 12.8 Å². The average molecular weight is 433 g/mol. The van der Waals surface area contributed by atoms with E-state index in [1.807, 2.05) is 0 Å². The summed E-state index contributed by atoms with van der Waals surface area (Å²) in [6, 6.07) is 3.10. The predicted molar refractivity (Wildman–Crippen MR) is 113 cm³/mol. The van der Waals surface area contributed by atoms with Crippen LogP contribution in [-0.4, -0.2) is 32.1 Å². The van der Waals surface area contributed by atoms with Gasteiger partial charge in [-0.1, -0.05) is 44.0 Å². The Kier molecular flexibility index (Phi) is 6.59. The fourth-order valence-electron chi connectivity index (χ4n) is 4.61. The minimum atomic E-state index is -1.88. The number of halogens is 3. The Morgan fingerprint density at radius 1 is 1.15 bits per heavy atom. The molecule has 1 aromatic rings. The summed E-state index contributed by atoms with van der Waals surface area (Å²) in [6.45, 7) is 7.46. The first-order valence-electron chi connectivity index (χ1n) is 10.2. The van der Waals surface area contributed by atoms with Crippen molar-refractivity contribution in [2.24, 2.45) is 5.41 Å². The number of nitrogens with zero attached hydrogens (tertiary/aromatic N) is 1. The smallest absolute Gasteiger partial charge is 0.192 e. The maximum atomic E-state index is 14.8. The van der Waals surface area contributed by atoms with Crippen molar-refractivity contribution in [3.63, 3.8) is 0 Å². The number of hydrogen-bond donors (Lipinski definition) is 1. The molecule has 27 heavy (non-hydrogen) atoms. The Labute approximate surface area is 173 Å². The lowest BCUT2D eigenvalue weighted by molar-refractivity contribution is -0.00845. The van der Waals surface area contributed by atoms with Gasteiger partial charge in [-0.3, -0.25) is 4.98 Å². The summed E-state index contributed by atoms with van der Waals surface area (Å²) in [5.41, 5.74) is 0.0497. The van der Waals surface area contributed by atoms with E-state index in [0.717, 1.165) is 23.7 Å². The largest absolute Gasteiger partial charge is 0.409 e. The van der Waals surface area contributed by atoms with Gasteiger partial charge in [-0.05, 0) is 49.2 Å². The molecule has 0 radical (unpaired) electrons. The van der Waals surface area contributed by atoms with Gasteiger partial charge in [0.1, 0.15) is 5.67 Å². The highest BCUT2D eigenvalue weighted by Crippen LogP contribution is 2.66.